The van der Waals surface area contributed by atoms with Crippen LogP contribution in [0.4, 0.5) is 5.95 Å². The first kappa shape index (κ1) is 16.0. The van der Waals surface area contributed by atoms with E-state index in [1.165, 1.54) is 5.56 Å². The van der Waals surface area contributed by atoms with E-state index in [4.69, 9.17) is 15.5 Å². The lowest BCUT2D eigenvalue weighted by Crippen LogP contribution is -2.30. The maximum atomic E-state index is 6.19. The van der Waals surface area contributed by atoms with Crippen molar-refractivity contribution in [1.29, 1.82) is 0 Å². The molecule has 0 spiro atoms. The molecule has 0 bridgehead atoms. The van der Waals surface area contributed by atoms with Crippen LogP contribution in [0.2, 0.25) is 0 Å². The number of rotatable bonds is 3. The predicted molar refractivity (Wildman–Crippen MR) is 104 cm³/mol. The summed E-state index contributed by atoms with van der Waals surface area (Å²) < 4.78 is 7.28. The highest BCUT2D eigenvalue weighted by atomic mass is 16.5. The number of benzene rings is 1. The number of hydrogen-bond acceptors (Lipinski definition) is 6. The van der Waals surface area contributed by atoms with Crippen molar-refractivity contribution in [3.63, 3.8) is 0 Å². The molecule has 0 aliphatic carbocycles. The molecule has 4 heterocycles. The molecule has 0 atom stereocenters. The normalized spacial score (nSPS) is 14.6. The molecule has 3 aromatic heterocycles. The van der Waals surface area contributed by atoms with Gasteiger partial charge in [0.2, 0.25) is 5.95 Å². The number of ether oxygens (including phenoxy) is 1. The molecule has 0 fully saturated rings. The summed E-state index contributed by atoms with van der Waals surface area (Å²) in [4.78, 5) is 16.3. The van der Waals surface area contributed by atoms with Crippen molar-refractivity contribution in [1.82, 2.24) is 24.3 Å². The van der Waals surface area contributed by atoms with Gasteiger partial charge in [0.1, 0.15) is 16.9 Å². The Bertz CT molecular complexity index is 1150. The van der Waals surface area contributed by atoms with Gasteiger partial charge < -0.3 is 10.5 Å². The Balaban J connectivity index is 1.52. The average molecular weight is 360 g/mol. The zero-order valence-electron chi connectivity index (χ0n) is 15.1. The van der Waals surface area contributed by atoms with Crippen LogP contribution in [0.15, 0.2) is 42.7 Å². The molecule has 1 aliphatic rings. The van der Waals surface area contributed by atoms with Gasteiger partial charge in [-0.05, 0) is 30.2 Å². The average Bonchev–Trinajstić information content (AvgIpc) is 3.12. The number of anilines is 1. The fourth-order valence-electron chi connectivity index (χ4n) is 3.80. The summed E-state index contributed by atoms with van der Waals surface area (Å²) in [6.07, 6.45) is 4.85. The fourth-order valence-corrected chi connectivity index (χ4v) is 3.80. The fraction of sp³-hybridized carbons (Fsp3) is 0.250. The first-order valence-corrected chi connectivity index (χ1v) is 8.98. The first-order chi connectivity index (χ1) is 13.2. The topological polar surface area (TPSA) is 81.6 Å². The molecular formula is C20H20N6O. The first-order valence-electron chi connectivity index (χ1n) is 8.98. The number of imidazole rings is 1. The number of hydrogen-bond donors (Lipinski definition) is 1. The van der Waals surface area contributed by atoms with Crippen molar-refractivity contribution in [3.8, 4) is 5.75 Å². The maximum absolute atomic E-state index is 6.19. The molecule has 136 valence electrons. The monoisotopic (exact) mass is 360 g/mol. The summed E-state index contributed by atoms with van der Waals surface area (Å²) in [7, 11) is 1.63. The van der Waals surface area contributed by atoms with Crippen molar-refractivity contribution in [2.24, 2.45) is 0 Å². The Morgan fingerprint density at radius 3 is 3.00 bits per heavy atom. The lowest BCUT2D eigenvalue weighted by molar-refractivity contribution is 0.239. The van der Waals surface area contributed by atoms with Crippen LogP contribution < -0.4 is 10.5 Å². The van der Waals surface area contributed by atoms with Crippen LogP contribution >= 0.6 is 0 Å². The molecule has 0 saturated heterocycles. The number of pyridine rings is 1. The van der Waals surface area contributed by atoms with Crippen LogP contribution in [0, 0.1) is 0 Å². The van der Waals surface area contributed by atoms with Crippen LogP contribution in [-0.2, 0) is 19.5 Å². The Kier molecular flexibility index (Phi) is 3.68. The Morgan fingerprint density at radius 1 is 1.19 bits per heavy atom. The number of nitrogens with zero attached hydrogens (tertiary/aromatic N) is 5. The predicted octanol–water partition coefficient (Wildman–Crippen LogP) is 2.43. The van der Waals surface area contributed by atoms with E-state index in [0.29, 0.717) is 11.7 Å². The third kappa shape index (κ3) is 2.67. The zero-order valence-corrected chi connectivity index (χ0v) is 15.1. The highest BCUT2D eigenvalue weighted by molar-refractivity contribution is 5.96. The second kappa shape index (κ2) is 6.21. The minimum atomic E-state index is 0.409. The molecule has 5 rings (SSSR count). The summed E-state index contributed by atoms with van der Waals surface area (Å²) in [6.45, 7) is 2.59. The SMILES string of the molecule is COc1cccc2c1nc(N)n1cc(CN3CCc4cccnc4C3)nc21. The highest BCUT2D eigenvalue weighted by Crippen LogP contribution is 2.28. The Hall–Kier alpha value is -3.19. The highest BCUT2D eigenvalue weighted by Gasteiger charge is 2.19. The smallest absolute Gasteiger partial charge is 0.206 e. The number of methoxy groups -OCH3 is 1. The van der Waals surface area contributed by atoms with Gasteiger partial charge in [-0.25, -0.2) is 9.97 Å². The number of para-hydroxylation sites is 1. The molecule has 27 heavy (non-hydrogen) atoms. The van der Waals surface area contributed by atoms with E-state index in [9.17, 15) is 0 Å². The van der Waals surface area contributed by atoms with Crippen molar-refractivity contribution in [2.45, 2.75) is 19.5 Å². The van der Waals surface area contributed by atoms with Gasteiger partial charge in [0.15, 0.2) is 0 Å². The van der Waals surface area contributed by atoms with Crippen molar-refractivity contribution >= 4 is 22.5 Å². The third-order valence-corrected chi connectivity index (χ3v) is 5.13. The second-order valence-corrected chi connectivity index (χ2v) is 6.82. The van der Waals surface area contributed by atoms with E-state index in [-0.39, 0.29) is 0 Å². The van der Waals surface area contributed by atoms with Crippen LogP contribution in [-0.4, -0.2) is 37.9 Å². The molecule has 0 amide bonds. The quantitative estimate of drug-likeness (QED) is 0.604. The number of nitrogen functional groups attached to an aromatic ring is 1. The number of fused-ring (bicyclic) bond motifs is 4. The molecule has 2 N–H and O–H groups in total. The molecule has 1 aliphatic heterocycles. The number of aromatic nitrogens is 4. The Morgan fingerprint density at radius 2 is 2.11 bits per heavy atom. The van der Waals surface area contributed by atoms with Crippen LogP contribution in [0.5, 0.6) is 5.75 Å². The zero-order chi connectivity index (χ0) is 18.4. The van der Waals surface area contributed by atoms with E-state index in [1.54, 1.807) is 7.11 Å². The van der Waals surface area contributed by atoms with Gasteiger partial charge in [-0.3, -0.25) is 14.3 Å². The minimum absolute atomic E-state index is 0.409. The Labute approximate surface area is 156 Å². The lowest BCUT2D eigenvalue weighted by Gasteiger charge is -2.26. The maximum Gasteiger partial charge on any atom is 0.206 e. The minimum Gasteiger partial charge on any atom is -0.494 e. The van der Waals surface area contributed by atoms with E-state index < -0.39 is 0 Å². The summed E-state index contributed by atoms with van der Waals surface area (Å²) in [5.41, 5.74) is 11.2. The van der Waals surface area contributed by atoms with Crippen LogP contribution in [0.25, 0.3) is 16.6 Å². The molecule has 1 aromatic carbocycles. The number of nitrogens with two attached hydrogens (primary N) is 1. The van der Waals surface area contributed by atoms with Crippen LogP contribution in [0.3, 0.4) is 0 Å². The van der Waals surface area contributed by atoms with Gasteiger partial charge in [-0.2, -0.15) is 0 Å². The molecule has 0 unspecified atom stereocenters. The molecule has 0 radical (unpaired) electrons. The van der Waals surface area contributed by atoms with Crippen LogP contribution in [0.1, 0.15) is 17.0 Å². The second-order valence-electron chi connectivity index (χ2n) is 6.82. The van der Waals surface area contributed by atoms with Crippen molar-refractivity contribution in [3.05, 3.63) is 59.7 Å². The standard InChI is InChI=1S/C20H20N6O/c1-27-17-6-2-5-15-18(17)24-20(21)26-11-14(23-19(15)26)10-25-9-7-13-4-3-8-22-16(13)12-25/h2-6,8,11H,7,9-10,12H2,1H3,(H2,21,24). The molecule has 7 heteroatoms. The van der Waals surface area contributed by atoms with Gasteiger partial charge >= 0.3 is 0 Å². The van der Waals surface area contributed by atoms with Gasteiger partial charge in [0.25, 0.3) is 0 Å². The van der Waals surface area contributed by atoms with Crippen molar-refractivity contribution < 1.29 is 4.74 Å². The van der Waals surface area contributed by atoms with Crippen molar-refractivity contribution in [2.75, 3.05) is 19.4 Å². The van der Waals surface area contributed by atoms with E-state index in [2.05, 4.69) is 20.9 Å². The molecule has 4 aromatic rings. The van der Waals surface area contributed by atoms with Gasteiger partial charge in [-0.15, -0.1) is 0 Å². The molecule has 0 saturated carbocycles. The summed E-state index contributed by atoms with van der Waals surface area (Å²) in [6, 6.07) is 9.99. The van der Waals surface area contributed by atoms with Gasteiger partial charge in [0, 0.05) is 37.4 Å². The molecule has 7 nitrogen and oxygen atoms in total. The summed E-state index contributed by atoms with van der Waals surface area (Å²) in [5.74, 6) is 1.11. The van der Waals surface area contributed by atoms with Gasteiger partial charge in [0.05, 0.1) is 18.5 Å². The van der Waals surface area contributed by atoms with E-state index in [1.807, 2.05) is 41.1 Å². The lowest BCUT2D eigenvalue weighted by atomic mass is 10.1. The largest absolute Gasteiger partial charge is 0.494 e. The molecular weight excluding hydrogens is 340 g/mol. The third-order valence-electron chi connectivity index (χ3n) is 5.13. The van der Waals surface area contributed by atoms with E-state index >= 15 is 0 Å². The van der Waals surface area contributed by atoms with Gasteiger partial charge in [-0.1, -0.05) is 12.1 Å². The van der Waals surface area contributed by atoms with E-state index in [0.717, 1.165) is 54.0 Å². The summed E-state index contributed by atoms with van der Waals surface area (Å²) in [5, 5.41) is 0.931. The summed E-state index contributed by atoms with van der Waals surface area (Å²) >= 11 is 0.